The van der Waals surface area contributed by atoms with Crippen LogP contribution in [-0.2, 0) is 9.53 Å². The van der Waals surface area contributed by atoms with E-state index >= 15 is 0 Å². The predicted octanol–water partition coefficient (Wildman–Crippen LogP) is 11.2. The zero-order valence-corrected chi connectivity index (χ0v) is 27.6. The lowest BCUT2D eigenvalue weighted by Gasteiger charge is -2.55. The van der Waals surface area contributed by atoms with Crippen molar-refractivity contribution in [1.29, 1.82) is 0 Å². The predicted molar refractivity (Wildman–Crippen MR) is 174 cm³/mol. The number of carbonyl (C=O) groups is 1. The van der Waals surface area contributed by atoms with Gasteiger partial charge in [-0.25, -0.2) is 0 Å². The maximum atomic E-state index is 12.6. The number of unbranched alkanes of at least 4 members (excludes halogenated alkanes) is 6. The molecule has 0 saturated heterocycles. The van der Waals surface area contributed by atoms with E-state index in [4.69, 9.17) is 4.74 Å². The van der Waals surface area contributed by atoms with Crippen molar-refractivity contribution in [3.05, 3.63) is 48.1 Å². The van der Waals surface area contributed by atoms with Gasteiger partial charge in [0, 0.05) is 12.8 Å². The van der Waals surface area contributed by atoms with Gasteiger partial charge in [-0.1, -0.05) is 109 Å². The summed E-state index contributed by atoms with van der Waals surface area (Å²) < 4.78 is 6.04. The summed E-state index contributed by atoms with van der Waals surface area (Å²) in [6.45, 7) is 18.5. The first kappa shape index (κ1) is 32.3. The lowest BCUT2D eigenvalue weighted by atomic mass is 9.50. The van der Waals surface area contributed by atoms with Crippen molar-refractivity contribution in [1.82, 2.24) is 0 Å². The van der Waals surface area contributed by atoms with E-state index in [-0.39, 0.29) is 17.5 Å². The van der Waals surface area contributed by atoms with Crippen molar-refractivity contribution in [3.63, 3.8) is 0 Å². The molecule has 0 aromatic rings. The molecule has 0 spiro atoms. The maximum absolute atomic E-state index is 12.6. The number of esters is 1. The number of ether oxygens (including phenoxy) is 1. The summed E-state index contributed by atoms with van der Waals surface area (Å²) in [6.07, 6.45) is 29.5. The third kappa shape index (κ3) is 7.33. The van der Waals surface area contributed by atoms with E-state index in [9.17, 15) is 4.79 Å². The Labute approximate surface area is 253 Å². The van der Waals surface area contributed by atoms with Crippen LogP contribution in [0.3, 0.4) is 0 Å². The standard InChI is InChI=1S/C39H62O2/c1-8-9-10-11-12-13-14-15-16-37(40)41-32-23-25-38(6)31(27-32)19-20-33-35-22-21-34(39(35,7)26-24-36(33)38)30(5)18-17-29(4)28(2)3/h8,17-20,28-30,32,34-36H,1,9-16,21-27H2,2-7H3/t29-,30+,32?,34+,35-,36-,38-,39+/m0/s1. The molecule has 41 heavy (non-hydrogen) atoms. The molecular formula is C39H62O2. The van der Waals surface area contributed by atoms with Crippen LogP contribution in [0, 0.1) is 46.3 Å². The molecule has 230 valence electrons. The number of allylic oxidation sites excluding steroid dienone is 6. The van der Waals surface area contributed by atoms with Crippen LogP contribution < -0.4 is 0 Å². The summed E-state index contributed by atoms with van der Waals surface area (Å²) >= 11 is 0. The van der Waals surface area contributed by atoms with Crippen molar-refractivity contribution in [2.24, 2.45) is 46.3 Å². The fourth-order valence-corrected chi connectivity index (χ4v) is 9.19. The van der Waals surface area contributed by atoms with E-state index in [1.165, 1.54) is 51.4 Å². The molecule has 4 aliphatic carbocycles. The highest BCUT2D eigenvalue weighted by Crippen LogP contribution is 2.66. The Morgan fingerprint density at radius 3 is 2.39 bits per heavy atom. The molecule has 0 aromatic carbocycles. The second-order valence-corrected chi connectivity index (χ2v) is 15.3. The summed E-state index contributed by atoms with van der Waals surface area (Å²) in [4.78, 5) is 12.6. The smallest absolute Gasteiger partial charge is 0.306 e. The molecular weight excluding hydrogens is 500 g/mol. The molecule has 4 rings (SSSR count). The topological polar surface area (TPSA) is 26.3 Å². The van der Waals surface area contributed by atoms with Crippen LogP contribution in [0.25, 0.3) is 0 Å². The third-order valence-electron chi connectivity index (χ3n) is 12.3. The lowest BCUT2D eigenvalue weighted by Crippen LogP contribution is -2.46. The largest absolute Gasteiger partial charge is 0.462 e. The Hall–Kier alpha value is -1.57. The van der Waals surface area contributed by atoms with Crippen molar-refractivity contribution in [2.75, 3.05) is 0 Å². The second kappa shape index (κ2) is 14.3. The molecule has 0 bridgehead atoms. The molecule has 0 heterocycles. The lowest BCUT2D eigenvalue weighted by molar-refractivity contribution is -0.151. The zero-order chi connectivity index (χ0) is 29.6. The van der Waals surface area contributed by atoms with Crippen LogP contribution in [0.4, 0.5) is 0 Å². The monoisotopic (exact) mass is 562 g/mol. The SMILES string of the molecule is C=CCCCCCCCCC(=O)OC1CC[C@@]2(C)C(=CC=C3[C@@H]4CC[C@H]([C@H](C)C=C[C@H](C)C(C)C)[C@@]4(C)CC[C@@H]32)C1. The molecule has 0 aliphatic heterocycles. The zero-order valence-electron chi connectivity index (χ0n) is 27.6. The van der Waals surface area contributed by atoms with Gasteiger partial charge in [0.2, 0.25) is 0 Å². The van der Waals surface area contributed by atoms with Crippen molar-refractivity contribution in [3.8, 4) is 0 Å². The summed E-state index contributed by atoms with van der Waals surface area (Å²) in [5.74, 6) is 4.23. The Kier molecular flexibility index (Phi) is 11.3. The molecule has 0 amide bonds. The molecule has 3 saturated carbocycles. The minimum atomic E-state index is 0.0225. The van der Waals surface area contributed by atoms with Crippen LogP contribution in [0.1, 0.15) is 138 Å². The van der Waals surface area contributed by atoms with Gasteiger partial charge in [0.25, 0.3) is 0 Å². The third-order valence-corrected chi connectivity index (χ3v) is 12.3. The van der Waals surface area contributed by atoms with E-state index in [1.807, 2.05) is 6.08 Å². The first-order chi connectivity index (χ1) is 19.6. The van der Waals surface area contributed by atoms with E-state index in [1.54, 1.807) is 11.1 Å². The van der Waals surface area contributed by atoms with Gasteiger partial charge in [-0.15, -0.1) is 6.58 Å². The number of fused-ring (bicyclic) bond motifs is 5. The van der Waals surface area contributed by atoms with Gasteiger partial charge in [-0.2, -0.15) is 0 Å². The molecule has 0 N–H and O–H groups in total. The molecule has 2 heteroatoms. The number of rotatable bonds is 14. The molecule has 3 fully saturated rings. The first-order valence-corrected chi connectivity index (χ1v) is 17.5. The highest BCUT2D eigenvalue weighted by Gasteiger charge is 2.57. The van der Waals surface area contributed by atoms with Crippen LogP contribution in [-0.4, -0.2) is 12.1 Å². The van der Waals surface area contributed by atoms with Crippen molar-refractivity contribution in [2.45, 2.75) is 144 Å². The molecule has 4 aliphatic rings. The maximum Gasteiger partial charge on any atom is 0.306 e. The Morgan fingerprint density at radius 2 is 1.66 bits per heavy atom. The summed E-state index contributed by atoms with van der Waals surface area (Å²) in [5, 5.41) is 0. The average Bonchev–Trinajstić information content (AvgIpc) is 3.30. The van der Waals surface area contributed by atoms with Gasteiger partial charge in [-0.05, 0) is 104 Å². The highest BCUT2D eigenvalue weighted by atomic mass is 16.5. The van der Waals surface area contributed by atoms with Gasteiger partial charge < -0.3 is 4.74 Å². The summed E-state index contributed by atoms with van der Waals surface area (Å²) in [5.41, 5.74) is 3.98. The molecule has 8 atom stereocenters. The molecule has 1 unspecified atom stereocenters. The van der Waals surface area contributed by atoms with Gasteiger partial charge >= 0.3 is 5.97 Å². The minimum absolute atomic E-state index is 0.0225. The van der Waals surface area contributed by atoms with Crippen molar-refractivity contribution < 1.29 is 9.53 Å². The van der Waals surface area contributed by atoms with Crippen LogP contribution >= 0.6 is 0 Å². The van der Waals surface area contributed by atoms with Gasteiger partial charge in [0.05, 0.1) is 0 Å². The quantitative estimate of drug-likeness (QED) is 0.120. The van der Waals surface area contributed by atoms with Crippen molar-refractivity contribution >= 4 is 5.97 Å². The van der Waals surface area contributed by atoms with Crippen LogP contribution in [0.5, 0.6) is 0 Å². The molecule has 0 radical (unpaired) electrons. The second-order valence-electron chi connectivity index (χ2n) is 15.3. The number of hydrogen-bond donors (Lipinski definition) is 0. The van der Waals surface area contributed by atoms with E-state index < -0.39 is 0 Å². The normalized spacial score (nSPS) is 34.3. The fraction of sp³-hybridized carbons (Fsp3) is 0.769. The van der Waals surface area contributed by atoms with Crippen LogP contribution in [0.15, 0.2) is 48.1 Å². The fourth-order valence-electron chi connectivity index (χ4n) is 9.19. The van der Waals surface area contributed by atoms with E-state index in [2.05, 4.69) is 72.4 Å². The first-order valence-electron chi connectivity index (χ1n) is 17.5. The number of hydrogen-bond acceptors (Lipinski definition) is 2. The summed E-state index contributed by atoms with van der Waals surface area (Å²) in [7, 11) is 0. The van der Waals surface area contributed by atoms with E-state index in [0.717, 1.165) is 50.4 Å². The minimum Gasteiger partial charge on any atom is -0.462 e. The average molecular weight is 563 g/mol. The van der Waals surface area contributed by atoms with Gasteiger partial charge in [0.1, 0.15) is 6.10 Å². The Bertz CT molecular complexity index is 984. The van der Waals surface area contributed by atoms with Gasteiger partial charge in [-0.3, -0.25) is 4.79 Å². The molecule has 0 aromatic heterocycles. The Balaban J connectivity index is 1.32. The number of carbonyl (C=O) groups excluding carboxylic acids is 1. The van der Waals surface area contributed by atoms with Crippen LogP contribution in [0.2, 0.25) is 0 Å². The van der Waals surface area contributed by atoms with E-state index in [0.29, 0.717) is 35.5 Å². The summed E-state index contributed by atoms with van der Waals surface area (Å²) in [6, 6.07) is 0. The highest BCUT2D eigenvalue weighted by molar-refractivity contribution is 5.69. The Morgan fingerprint density at radius 1 is 0.927 bits per heavy atom. The molecule has 2 nitrogen and oxygen atoms in total. The van der Waals surface area contributed by atoms with Gasteiger partial charge in [0.15, 0.2) is 0 Å².